The van der Waals surface area contributed by atoms with Crippen molar-refractivity contribution in [1.29, 1.82) is 0 Å². The summed E-state index contributed by atoms with van der Waals surface area (Å²) in [6, 6.07) is 13.2. The van der Waals surface area contributed by atoms with Crippen molar-refractivity contribution in [2.45, 2.75) is 31.5 Å². The third-order valence-corrected chi connectivity index (χ3v) is 4.73. The van der Waals surface area contributed by atoms with Crippen LogP contribution in [-0.4, -0.2) is 22.1 Å². The molecule has 2 aromatic carbocycles. The van der Waals surface area contributed by atoms with Crippen molar-refractivity contribution in [3.63, 3.8) is 0 Å². The molecule has 29 heavy (non-hydrogen) atoms. The monoisotopic (exact) mass is 420 g/mol. The number of benzene rings is 2. The predicted molar refractivity (Wildman–Crippen MR) is 104 cm³/mol. The number of nitrogens with one attached hydrogen (secondary N) is 2. The molecule has 0 spiro atoms. The van der Waals surface area contributed by atoms with E-state index in [9.17, 15) is 13.6 Å². The molecule has 0 saturated carbocycles. The standard InChI is InChI=1S/C20H18F2N4O2.ClH/c21-13-7-4-8-14(22)18(13)20-25-17(26-28-20)11-23-19(27)16-10-9-15(24-16)12-5-2-1-3-6-12;/h1-8,15-16,24H,9-11H2,(H,23,27);1H/t15-,16-;/m1./s1. The van der Waals surface area contributed by atoms with Gasteiger partial charge >= 0.3 is 0 Å². The van der Waals surface area contributed by atoms with Gasteiger partial charge in [0.15, 0.2) is 5.82 Å². The number of carbonyl (C=O) groups is 1. The minimum absolute atomic E-state index is 0. The first kappa shape index (κ1) is 20.9. The minimum Gasteiger partial charge on any atom is -0.347 e. The molecule has 3 aromatic rings. The van der Waals surface area contributed by atoms with Crippen molar-refractivity contribution in [2.75, 3.05) is 0 Å². The normalized spacial score (nSPS) is 18.3. The number of amides is 1. The molecule has 2 atom stereocenters. The molecule has 2 heterocycles. The maximum atomic E-state index is 13.8. The molecular formula is C20H19ClF2N4O2. The molecule has 152 valence electrons. The zero-order valence-electron chi connectivity index (χ0n) is 15.3. The molecule has 1 amide bonds. The third kappa shape index (κ3) is 4.60. The second-order valence-corrected chi connectivity index (χ2v) is 6.59. The number of halogens is 3. The van der Waals surface area contributed by atoms with Gasteiger partial charge in [-0.25, -0.2) is 8.78 Å². The Bertz CT molecular complexity index is 963. The van der Waals surface area contributed by atoms with Gasteiger partial charge in [0.1, 0.15) is 17.2 Å². The Morgan fingerprint density at radius 3 is 2.55 bits per heavy atom. The molecule has 1 saturated heterocycles. The lowest BCUT2D eigenvalue weighted by Gasteiger charge is -2.14. The van der Waals surface area contributed by atoms with E-state index in [0.29, 0.717) is 6.42 Å². The van der Waals surface area contributed by atoms with Crippen LogP contribution >= 0.6 is 12.4 Å². The van der Waals surface area contributed by atoms with Crippen molar-refractivity contribution in [1.82, 2.24) is 20.8 Å². The van der Waals surface area contributed by atoms with Gasteiger partial charge in [0.25, 0.3) is 5.89 Å². The molecule has 1 aromatic heterocycles. The molecule has 0 bridgehead atoms. The largest absolute Gasteiger partial charge is 0.347 e. The number of hydrogen-bond acceptors (Lipinski definition) is 5. The van der Waals surface area contributed by atoms with E-state index in [-0.39, 0.29) is 54.2 Å². The highest BCUT2D eigenvalue weighted by Gasteiger charge is 2.29. The quantitative estimate of drug-likeness (QED) is 0.660. The summed E-state index contributed by atoms with van der Waals surface area (Å²) < 4.78 is 32.5. The highest BCUT2D eigenvalue weighted by molar-refractivity contribution is 5.85. The zero-order chi connectivity index (χ0) is 19.5. The minimum atomic E-state index is -0.790. The number of nitrogens with zero attached hydrogens (tertiary/aromatic N) is 2. The van der Waals surface area contributed by atoms with E-state index in [2.05, 4.69) is 20.8 Å². The third-order valence-electron chi connectivity index (χ3n) is 4.73. The van der Waals surface area contributed by atoms with Crippen LogP contribution in [0.3, 0.4) is 0 Å². The van der Waals surface area contributed by atoms with Crippen molar-refractivity contribution < 1.29 is 18.1 Å². The van der Waals surface area contributed by atoms with Gasteiger partial charge in [-0.05, 0) is 30.5 Å². The van der Waals surface area contributed by atoms with Crippen LogP contribution in [0.5, 0.6) is 0 Å². The first-order valence-corrected chi connectivity index (χ1v) is 8.97. The van der Waals surface area contributed by atoms with Gasteiger partial charge in [-0.15, -0.1) is 12.4 Å². The van der Waals surface area contributed by atoms with Crippen LogP contribution in [0.1, 0.15) is 30.3 Å². The average Bonchev–Trinajstić information content (AvgIpc) is 3.37. The Labute approximate surface area is 172 Å². The molecular weight excluding hydrogens is 402 g/mol. The summed E-state index contributed by atoms with van der Waals surface area (Å²) in [6.45, 7) is 0.00654. The second kappa shape index (κ2) is 9.11. The number of carbonyl (C=O) groups excluding carboxylic acids is 1. The molecule has 1 aliphatic rings. The van der Waals surface area contributed by atoms with Gasteiger partial charge in [-0.1, -0.05) is 41.6 Å². The van der Waals surface area contributed by atoms with Gasteiger partial charge in [-0.2, -0.15) is 4.98 Å². The Hall–Kier alpha value is -2.84. The van der Waals surface area contributed by atoms with E-state index >= 15 is 0 Å². The van der Waals surface area contributed by atoms with E-state index < -0.39 is 11.6 Å². The van der Waals surface area contributed by atoms with E-state index in [1.165, 1.54) is 6.07 Å². The summed E-state index contributed by atoms with van der Waals surface area (Å²) in [6.07, 6.45) is 1.57. The second-order valence-electron chi connectivity index (χ2n) is 6.59. The fourth-order valence-corrected chi connectivity index (χ4v) is 3.32. The van der Waals surface area contributed by atoms with E-state index in [4.69, 9.17) is 4.52 Å². The maximum Gasteiger partial charge on any atom is 0.263 e. The molecule has 2 N–H and O–H groups in total. The lowest BCUT2D eigenvalue weighted by atomic mass is 10.1. The summed E-state index contributed by atoms with van der Waals surface area (Å²) in [4.78, 5) is 16.4. The molecule has 1 aliphatic heterocycles. The predicted octanol–water partition coefficient (Wildman–Crippen LogP) is 3.55. The summed E-state index contributed by atoms with van der Waals surface area (Å²) in [5, 5.41) is 9.73. The molecule has 0 radical (unpaired) electrons. The molecule has 9 heteroatoms. The topological polar surface area (TPSA) is 80.1 Å². The fraction of sp³-hybridized carbons (Fsp3) is 0.250. The van der Waals surface area contributed by atoms with Crippen LogP contribution in [0.4, 0.5) is 8.78 Å². The van der Waals surface area contributed by atoms with Crippen LogP contribution in [0, 0.1) is 11.6 Å². The first-order valence-electron chi connectivity index (χ1n) is 8.97. The summed E-state index contributed by atoms with van der Waals surface area (Å²) in [5.41, 5.74) is 0.767. The molecule has 4 rings (SSSR count). The Morgan fingerprint density at radius 2 is 1.83 bits per heavy atom. The molecule has 0 aliphatic carbocycles. The Morgan fingerprint density at radius 1 is 1.10 bits per heavy atom. The van der Waals surface area contributed by atoms with Crippen LogP contribution < -0.4 is 10.6 Å². The molecule has 1 fully saturated rings. The van der Waals surface area contributed by atoms with E-state index in [1.54, 1.807) is 0 Å². The maximum absolute atomic E-state index is 13.8. The molecule has 6 nitrogen and oxygen atoms in total. The van der Waals surface area contributed by atoms with Crippen LogP contribution in [0.25, 0.3) is 11.5 Å². The highest BCUT2D eigenvalue weighted by Crippen LogP contribution is 2.26. The van der Waals surface area contributed by atoms with Crippen LogP contribution in [-0.2, 0) is 11.3 Å². The molecule has 0 unspecified atom stereocenters. The van der Waals surface area contributed by atoms with Crippen LogP contribution in [0.15, 0.2) is 53.1 Å². The Balaban J connectivity index is 0.00000240. The summed E-state index contributed by atoms with van der Waals surface area (Å²) in [5.74, 6) is -1.88. The van der Waals surface area contributed by atoms with Gasteiger partial charge < -0.3 is 9.84 Å². The van der Waals surface area contributed by atoms with Gasteiger partial charge in [0.05, 0.1) is 12.6 Å². The smallest absolute Gasteiger partial charge is 0.263 e. The van der Waals surface area contributed by atoms with Crippen molar-refractivity contribution >= 4 is 18.3 Å². The average molecular weight is 421 g/mol. The number of hydrogen-bond donors (Lipinski definition) is 2. The fourth-order valence-electron chi connectivity index (χ4n) is 3.32. The SMILES string of the molecule is Cl.O=C(NCc1noc(-c2c(F)cccc2F)n1)[C@H]1CC[C@H](c2ccccc2)N1. The van der Waals surface area contributed by atoms with E-state index in [1.807, 2.05) is 30.3 Å². The number of aromatic nitrogens is 2. The van der Waals surface area contributed by atoms with Crippen molar-refractivity contribution in [2.24, 2.45) is 0 Å². The first-order chi connectivity index (χ1) is 13.6. The number of rotatable bonds is 5. The van der Waals surface area contributed by atoms with Crippen molar-refractivity contribution in [3.8, 4) is 11.5 Å². The highest BCUT2D eigenvalue weighted by atomic mass is 35.5. The van der Waals surface area contributed by atoms with Gasteiger partial charge in [0.2, 0.25) is 5.91 Å². The van der Waals surface area contributed by atoms with E-state index in [0.717, 1.165) is 24.1 Å². The Kier molecular flexibility index (Phi) is 6.56. The van der Waals surface area contributed by atoms with Crippen molar-refractivity contribution in [3.05, 3.63) is 71.6 Å². The van der Waals surface area contributed by atoms with Gasteiger partial charge in [0, 0.05) is 6.04 Å². The van der Waals surface area contributed by atoms with Crippen LogP contribution in [0.2, 0.25) is 0 Å². The lowest BCUT2D eigenvalue weighted by molar-refractivity contribution is -0.123. The summed E-state index contributed by atoms with van der Waals surface area (Å²) >= 11 is 0. The summed E-state index contributed by atoms with van der Waals surface area (Å²) in [7, 11) is 0. The van der Waals surface area contributed by atoms with Gasteiger partial charge in [-0.3, -0.25) is 10.1 Å². The zero-order valence-corrected chi connectivity index (χ0v) is 16.1. The lowest BCUT2D eigenvalue weighted by Crippen LogP contribution is -2.40.